The fourth-order valence-electron chi connectivity index (χ4n) is 1.89. The van der Waals surface area contributed by atoms with Crippen LogP contribution in [0, 0.1) is 13.8 Å². The molecule has 1 saturated carbocycles. The summed E-state index contributed by atoms with van der Waals surface area (Å²) in [5.41, 5.74) is 9.69. The van der Waals surface area contributed by atoms with Gasteiger partial charge < -0.3 is 10.5 Å². The highest BCUT2D eigenvalue weighted by atomic mass is 16.5. The van der Waals surface area contributed by atoms with Gasteiger partial charge in [-0.3, -0.25) is 0 Å². The lowest BCUT2D eigenvalue weighted by Crippen LogP contribution is -2.20. The zero-order valence-electron chi connectivity index (χ0n) is 9.96. The summed E-state index contributed by atoms with van der Waals surface area (Å²) in [7, 11) is 1.40. The van der Waals surface area contributed by atoms with Gasteiger partial charge in [0.05, 0.1) is 12.7 Å². The van der Waals surface area contributed by atoms with Crippen molar-refractivity contribution >= 4 is 5.97 Å². The van der Waals surface area contributed by atoms with Crippen molar-refractivity contribution in [1.82, 2.24) is 0 Å². The summed E-state index contributed by atoms with van der Waals surface area (Å²) in [5, 5.41) is 0. The molecule has 1 aromatic carbocycles. The van der Waals surface area contributed by atoms with Crippen LogP contribution in [0.15, 0.2) is 12.1 Å². The van der Waals surface area contributed by atoms with Crippen molar-refractivity contribution in [2.24, 2.45) is 5.73 Å². The maximum Gasteiger partial charge on any atom is 0.338 e. The highest BCUT2D eigenvalue weighted by Gasteiger charge is 2.40. The molecule has 2 rings (SSSR count). The van der Waals surface area contributed by atoms with Gasteiger partial charge in [0, 0.05) is 5.54 Å². The standard InChI is InChI=1S/C13H17NO2/c1-8-6-10(13(14)4-5-13)7-11(9(8)2)12(15)16-3/h6-7H,4-5,14H2,1-3H3. The van der Waals surface area contributed by atoms with Crippen LogP contribution in [-0.2, 0) is 10.3 Å². The third-order valence-electron chi connectivity index (χ3n) is 3.44. The van der Waals surface area contributed by atoms with Gasteiger partial charge in [-0.25, -0.2) is 4.79 Å². The molecule has 1 fully saturated rings. The molecule has 86 valence electrons. The maximum absolute atomic E-state index is 11.6. The molecule has 3 nitrogen and oxygen atoms in total. The number of esters is 1. The molecule has 1 aliphatic rings. The van der Waals surface area contributed by atoms with Crippen LogP contribution in [0.3, 0.4) is 0 Å². The predicted molar refractivity (Wildman–Crippen MR) is 62.4 cm³/mol. The topological polar surface area (TPSA) is 52.3 Å². The van der Waals surface area contributed by atoms with Gasteiger partial charge in [0.1, 0.15) is 0 Å². The molecule has 0 aliphatic heterocycles. The smallest absolute Gasteiger partial charge is 0.338 e. The molecule has 0 spiro atoms. The summed E-state index contributed by atoms with van der Waals surface area (Å²) in [6.07, 6.45) is 1.99. The fraction of sp³-hybridized carbons (Fsp3) is 0.462. The highest BCUT2D eigenvalue weighted by molar-refractivity contribution is 5.91. The first-order valence-corrected chi connectivity index (χ1v) is 5.47. The number of nitrogens with two attached hydrogens (primary N) is 1. The quantitative estimate of drug-likeness (QED) is 0.774. The van der Waals surface area contributed by atoms with Crippen LogP contribution in [0.1, 0.15) is 39.9 Å². The number of hydrogen-bond acceptors (Lipinski definition) is 3. The minimum atomic E-state index is -0.285. The molecule has 0 atom stereocenters. The minimum absolute atomic E-state index is 0.207. The molecule has 0 bridgehead atoms. The lowest BCUT2D eigenvalue weighted by Gasteiger charge is -2.14. The number of benzene rings is 1. The van der Waals surface area contributed by atoms with Crippen molar-refractivity contribution in [2.75, 3.05) is 7.11 Å². The lowest BCUT2D eigenvalue weighted by molar-refractivity contribution is 0.0599. The molecule has 1 aromatic rings. The van der Waals surface area contributed by atoms with Gasteiger partial charge >= 0.3 is 5.97 Å². The third kappa shape index (κ3) is 1.71. The Morgan fingerprint density at radius 3 is 2.50 bits per heavy atom. The number of aryl methyl sites for hydroxylation is 1. The van der Waals surface area contributed by atoms with Gasteiger partial charge in [0.15, 0.2) is 0 Å². The van der Waals surface area contributed by atoms with E-state index in [0.29, 0.717) is 5.56 Å². The monoisotopic (exact) mass is 219 g/mol. The Kier molecular flexibility index (Phi) is 2.50. The molecule has 2 N–H and O–H groups in total. The Morgan fingerprint density at radius 2 is 2.00 bits per heavy atom. The molecular formula is C13H17NO2. The number of hydrogen-bond donors (Lipinski definition) is 1. The average molecular weight is 219 g/mol. The summed E-state index contributed by atoms with van der Waals surface area (Å²) in [6, 6.07) is 3.95. The summed E-state index contributed by atoms with van der Waals surface area (Å²) in [6.45, 7) is 3.93. The van der Waals surface area contributed by atoms with Crippen molar-refractivity contribution in [3.05, 3.63) is 34.4 Å². The van der Waals surface area contributed by atoms with Crippen molar-refractivity contribution in [3.63, 3.8) is 0 Å². The maximum atomic E-state index is 11.6. The van der Waals surface area contributed by atoms with Gasteiger partial charge in [-0.1, -0.05) is 6.07 Å². The minimum Gasteiger partial charge on any atom is -0.465 e. The van der Waals surface area contributed by atoms with E-state index in [1.54, 1.807) is 0 Å². The first-order valence-electron chi connectivity index (χ1n) is 5.47. The van der Waals surface area contributed by atoms with Gasteiger partial charge in [0.25, 0.3) is 0 Å². The summed E-state index contributed by atoms with van der Waals surface area (Å²) in [5.74, 6) is -0.285. The van der Waals surface area contributed by atoms with E-state index >= 15 is 0 Å². The second kappa shape index (κ2) is 3.59. The van der Waals surface area contributed by atoms with Crippen molar-refractivity contribution in [3.8, 4) is 0 Å². The number of carbonyl (C=O) groups excluding carboxylic acids is 1. The summed E-state index contributed by atoms with van der Waals surface area (Å²) >= 11 is 0. The van der Waals surface area contributed by atoms with Gasteiger partial charge in [0.2, 0.25) is 0 Å². The SMILES string of the molecule is COC(=O)c1cc(C2(N)CC2)cc(C)c1C. The third-order valence-corrected chi connectivity index (χ3v) is 3.44. The van der Waals surface area contributed by atoms with Crippen LogP contribution in [-0.4, -0.2) is 13.1 Å². The summed E-state index contributed by atoms with van der Waals surface area (Å²) in [4.78, 5) is 11.6. The van der Waals surface area contributed by atoms with E-state index in [1.165, 1.54) is 7.11 Å². The van der Waals surface area contributed by atoms with Crippen LogP contribution < -0.4 is 5.73 Å². The molecule has 1 aliphatic carbocycles. The number of carbonyl (C=O) groups is 1. The Balaban J connectivity index is 2.51. The molecule has 0 amide bonds. The van der Waals surface area contributed by atoms with Gasteiger partial charge in [-0.2, -0.15) is 0 Å². The van der Waals surface area contributed by atoms with E-state index in [2.05, 4.69) is 6.07 Å². The lowest BCUT2D eigenvalue weighted by atomic mass is 9.95. The van der Waals surface area contributed by atoms with Crippen LogP contribution in [0.2, 0.25) is 0 Å². The first-order chi connectivity index (χ1) is 7.48. The summed E-state index contributed by atoms with van der Waals surface area (Å²) < 4.78 is 4.78. The highest BCUT2D eigenvalue weighted by Crippen LogP contribution is 2.43. The number of ether oxygens (including phenoxy) is 1. The van der Waals surface area contributed by atoms with E-state index < -0.39 is 0 Å². The van der Waals surface area contributed by atoms with Crippen molar-refractivity contribution in [2.45, 2.75) is 32.2 Å². The number of rotatable bonds is 2. The number of methoxy groups -OCH3 is 1. The first kappa shape index (κ1) is 11.1. The molecule has 3 heteroatoms. The zero-order chi connectivity index (χ0) is 11.9. The van der Waals surface area contributed by atoms with Gasteiger partial charge in [-0.05, 0) is 49.4 Å². The van der Waals surface area contributed by atoms with Crippen LogP contribution in [0.25, 0.3) is 0 Å². The van der Waals surface area contributed by atoms with Crippen molar-refractivity contribution in [1.29, 1.82) is 0 Å². The Hall–Kier alpha value is -1.35. The van der Waals surface area contributed by atoms with Crippen LogP contribution in [0.5, 0.6) is 0 Å². The Bertz CT molecular complexity index is 447. The van der Waals surface area contributed by atoms with Crippen LogP contribution in [0.4, 0.5) is 0 Å². The molecule has 0 aromatic heterocycles. The van der Waals surface area contributed by atoms with E-state index in [0.717, 1.165) is 29.5 Å². The Morgan fingerprint density at radius 1 is 1.38 bits per heavy atom. The second-order valence-electron chi connectivity index (χ2n) is 4.61. The molecule has 0 unspecified atom stereocenters. The average Bonchev–Trinajstić information content (AvgIpc) is 3.00. The normalized spacial score (nSPS) is 17.0. The van der Waals surface area contributed by atoms with E-state index in [-0.39, 0.29) is 11.5 Å². The second-order valence-corrected chi connectivity index (χ2v) is 4.61. The molecule has 16 heavy (non-hydrogen) atoms. The molecular weight excluding hydrogens is 202 g/mol. The molecule has 0 radical (unpaired) electrons. The van der Waals surface area contributed by atoms with E-state index in [4.69, 9.17) is 10.5 Å². The Labute approximate surface area is 95.6 Å². The largest absolute Gasteiger partial charge is 0.465 e. The molecule has 0 saturated heterocycles. The van der Waals surface area contributed by atoms with E-state index in [9.17, 15) is 4.79 Å². The fourth-order valence-corrected chi connectivity index (χ4v) is 1.89. The van der Waals surface area contributed by atoms with E-state index in [1.807, 2.05) is 19.9 Å². The van der Waals surface area contributed by atoms with Gasteiger partial charge in [-0.15, -0.1) is 0 Å². The van der Waals surface area contributed by atoms with Crippen LogP contribution >= 0.6 is 0 Å². The zero-order valence-corrected chi connectivity index (χ0v) is 9.96. The predicted octanol–water partition coefficient (Wildman–Crippen LogP) is 2.04. The van der Waals surface area contributed by atoms with Crippen molar-refractivity contribution < 1.29 is 9.53 Å². The molecule has 0 heterocycles.